The van der Waals surface area contributed by atoms with Crippen LogP contribution in [0.15, 0.2) is 79.0 Å². The standard InChI is InChI=1S/C26H19Cl2F3N2/c1-16-2-3-18(14-32-16)24-12-20(26(29,30)31)7-4-19(24)15-33-22-10-11-23(25(28)13-22)17-5-8-21(27)9-6-17/h2-14,33H,15H2,1H3. The van der Waals surface area contributed by atoms with Crippen LogP contribution < -0.4 is 5.32 Å². The summed E-state index contributed by atoms with van der Waals surface area (Å²) >= 11 is 12.4. The summed E-state index contributed by atoms with van der Waals surface area (Å²) in [4.78, 5) is 4.23. The van der Waals surface area contributed by atoms with Crippen molar-refractivity contribution in [3.8, 4) is 22.3 Å². The summed E-state index contributed by atoms with van der Waals surface area (Å²) in [7, 11) is 0. The van der Waals surface area contributed by atoms with Gasteiger partial charge >= 0.3 is 6.18 Å². The van der Waals surface area contributed by atoms with Gasteiger partial charge in [0.15, 0.2) is 0 Å². The molecule has 0 saturated carbocycles. The summed E-state index contributed by atoms with van der Waals surface area (Å²) in [5.41, 5.74) is 4.47. The first-order valence-electron chi connectivity index (χ1n) is 10.1. The van der Waals surface area contributed by atoms with E-state index in [1.54, 1.807) is 36.5 Å². The summed E-state index contributed by atoms with van der Waals surface area (Å²) in [5, 5.41) is 4.46. The van der Waals surface area contributed by atoms with Crippen LogP contribution in [0.4, 0.5) is 18.9 Å². The Morgan fingerprint density at radius 2 is 1.55 bits per heavy atom. The van der Waals surface area contributed by atoms with Gasteiger partial charge in [-0.2, -0.15) is 13.2 Å². The molecule has 0 unspecified atom stereocenters. The molecule has 0 saturated heterocycles. The topological polar surface area (TPSA) is 24.9 Å². The van der Waals surface area contributed by atoms with E-state index in [1.807, 2.05) is 31.2 Å². The smallest absolute Gasteiger partial charge is 0.381 e. The third-order valence-electron chi connectivity index (χ3n) is 5.27. The maximum atomic E-state index is 13.3. The van der Waals surface area contributed by atoms with Crippen molar-refractivity contribution >= 4 is 28.9 Å². The van der Waals surface area contributed by atoms with Gasteiger partial charge in [0.1, 0.15) is 0 Å². The van der Waals surface area contributed by atoms with E-state index in [9.17, 15) is 13.2 Å². The van der Waals surface area contributed by atoms with Crippen molar-refractivity contribution < 1.29 is 13.2 Å². The normalized spacial score (nSPS) is 11.5. The zero-order chi connectivity index (χ0) is 23.6. The van der Waals surface area contributed by atoms with Crippen LogP contribution in [0, 0.1) is 6.92 Å². The maximum Gasteiger partial charge on any atom is 0.416 e. The Hall–Kier alpha value is -3.02. The van der Waals surface area contributed by atoms with Crippen LogP contribution in [0.3, 0.4) is 0 Å². The Kier molecular flexibility index (Phi) is 6.63. The molecule has 0 radical (unpaired) electrons. The molecule has 4 aromatic rings. The average Bonchev–Trinajstić information content (AvgIpc) is 2.78. The zero-order valence-electron chi connectivity index (χ0n) is 17.5. The first-order valence-corrected chi connectivity index (χ1v) is 10.9. The Bertz CT molecular complexity index is 1270. The first-order chi connectivity index (χ1) is 15.7. The van der Waals surface area contributed by atoms with E-state index in [2.05, 4.69) is 10.3 Å². The van der Waals surface area contributed by atoms with Crippen LogP contribution in [-0.2, 0) is 12.7 Å². The highest BCUT2D eigenvalue weighted by Gasteiger charge is 2.31. The molecular formula is C26H19Cl2F3N2. The molecule has 4 rings (SSSR count). The van der Waals surface area contributed by atoms with Crippen molar-refractivity contribution in [1.29, 1.82) is 0 Å². The molecule has 0 amide bonds. The van der Waals surface area contributed by atoms with Crippen LogP contribution in [-0.4, -0.2) is 4.98 Å². The minimum atomic E-state index is -4.43. The quantitative estimate of drug-likeness (QED) is 0.305. The number of benzene rings is 3. The Balaban J connectivity index is 1.60. The van der Waals surface area contributed by atoms with E-state index in [1.165, 1.54) is 12.1 Å². The predicted octanol–water partition coefficient (Wildman–Crippen LogP) is 8.66. The fourth-order valence-electron chi connectivity index (χ4n) is 3.49. The van der Waals surface area contributed by atoms with Gasteiger partial charge in [-0.15, -0.1) is 0 Å². The van der Waals surface area contributed by atoms with Crippen LogP contribution in [0.2, 0.25) is 10.0 Å². The third-order valence-corrected chi connectivity index (χ3v) is 5.83. The molecular weight excluding hydrogens is 468 g/mol. The van der Waals surface area contributed by atoms with Crippen molar-refractivity contribution in [2.75, 3.05) is 5.32 Å². The molecule has 1 aromatic heterocycles. The number of alkyl halides is 3. The molecule has 33 heavy (non-hydrogen) atoms. The van der Waals surface area contributed by atoms with Crippen molar-refractivity contribution in [3.05, 3.63) is 106 Å². The van der Waals surface area contributed by atoms with Gasteiger partial charge in [0, 0.05) is 40.3 Å². The number of pyridine rings is 1. The fourth-order valence-corrected chi connectivity index (χ4v) is 3.90. The highest BCUT2D eigenvalue weighted by Crippen LogP contribution is 2.35. The van der Waals surface area contributed by atoms with Gasteiger partial charge in [-0.05, 0) is 66.1 Å². The summed E-state index contributed by atoms with van der Waals surface area (Å²) in [5.74, 6) is 0. The van der Waals surface area contributed by atoms with E-state index in [4.69, 9.17) is 23.2 Å². The lowest BCUT2D eigenvalue weighted by atomic mass is 9.97. The Labute approximate surface area is 200 Å². The second-order valence-electron chi connectivity index (χ2n) is 7.61. The number of aryl methyl sites for hydroxylation is 1. The van der Waals surface area contributed by atoms with Crippen LogP contribution in [0.5, 0.6) is 0 Å². The minimum absolute atomic E-state index is 0.317. The van der Waals surface area contributed by atoms with E-state index in [-0.39, 0.29) is 0 Å². The lowest BCUT2D eigenvalue weighted by Gasteiger charge is -2.16. The Morgan fingerprint density at radius 1 is 0.818 bits per heavy atom. The SMILES string of the molecule is Cc1ccc(-c2cc(C(F)(F)F)ccc2CNc2ccc(-c3ccc(Cl)cc3)c(Cl)c2)cn1. The molecule has 1 N–H and O–H groups in total. The largest absolute Gasteiger partial charge is 0.416 e. The van der Waals surface area contributed by atoms with Gasteiger partial charge in [-0.1, -0.05) is 53.5 Å². The van der Waals surface area contributed by atoms with Crippen molar-refractivity contribution in [2.24, 2.45) is 0 Å². The van der Waals surface area contributed by atoms with Gasteiger partial charge in [0.2, 0.25) is 0 Å². The maximum absolute atomic E-state index is 13.3. The van der Waals surface area contributed by atoms with Gasteiger partial charge < -0.3 is 5.32 Å². The summed E-state index contributed by atoms with van der Waals surface area (Å²) in [6.07, 6.45) is -2.84. The lowest BCUT2D eigenvalue weighted by molar-refractivity contribution is -0.137. The summed E-state index contributed by atoms with van der Waals surface area (Å²) in [6, 6.07) is 20.3. The second kappa shape index (κ2) is 9.46. The lowest BCUT2D eigenvalue weighted by Crippen LogP contribution is -2.07. The predicted molar refractivity (Wildman–Crippen MR) is 129 cm³/mol. The van der Waals surface area contributed by atoms with Crippen LogP contribution in [0.25, 0.3) is 22.3 Å². The number of nitrogens with one attached hydrogen (secondary N) is 1. The molecule has 2 nitrogen and oxygen atoms in total. The van der Waals surface area contributed by atoms with Gasteiger partial charge in [-0.3, -0.25) is 4.98 Å². The number of halogens is 5. The van der Waals surface area contributed by atoms with E-state index in [0.717, 1.165) is 28.6 Å². The zero-order valence-corrected chi connectivity index (χ0v) is 19.1. The molecule has 1 heterocycles. The average molecular weight is 487 g/mol. The van der Waals surface area contributed by atoms with Crippen LogP contribution in [0.1, 0.15) is 16.8 Å². The molecule has 3 aromatic carbocycles. The molecule has 0 aliphatic rings. The number of anilines is 1. The minimum Gasteiger partial charge on any atom is -0.381 e. The number of aromatic nitrogens is 1. The number of rotatable bonds is 5. The van der Waals surface area contributed by atoms with Gasteiger partial charge in [0.25, 0.3) is 0 Å². The highest BCUT2D eigenvalue weighted by atomic mass is 35.5. The van der Waals surface area contributed by atoms with E-state index < -0.39 is 11.7 Å². The van der Waals surface area contributed by atoms with Crippen molar-refractivity contribution in [3.63, 3.8) is 0 Å². The van der Waals surface area contributed by atoms with E-state index >= 15 is 0 Å². The number of nitrogens with zero attached hydrogens (tertiary/aromatic N) is 1. The molecule has 168 valence electrons. The molecule has 0 aliphatic carbocycles. The third kappa shape index (κ3) is 5.49. The molecule has 0 atom stereocenters. The van der Waals surface area contributed by atoms with E-state index in [0.29, 0.717) is 33.3 Å². The number of hydrogen-bond acceptors (Lipinski definition) is 2. The monoisotopic (exact) mass is 486 g/mol. The molecule has 7 heteroatoms. The number of hydrogen-bond donors (Lipinski definition) is 1. The first kappa shape index (κ1) is 23.1. The van der Waals surface area contributed by atoms with Gasteiger partial charge in [-0.25, -0.2) is 0 Å². The van der Waals surface area contributed by atoms with Crippen molar-refractivity contribution in [2.45, 2.75) is 19.6 Å². The summed E-state index contributed by atoms with van der Waals surface area (Å²) < 4.78 is 40.0. The molecule has 0 fully saturated rings. The van der Waals surface area contributed by atoms with Crippen molar-refractivity contribution in [1.82, 2.24) is 4.98 Å². The Morgan fingerprint density at radius 3 is 2.18 bits per heavy atom. The van der Waals surface area contributed by atoms with Crippen LogP contribution >= 0.6 is 23.2 Å². The fraction of sp³-hybridized carbons (Fsp3) is 0.115. The van der Waals surface area contributed by atoms with Gasteiger partial charge in [0.05, 0.1) is 10.6 Å². The highest BCUT2D eigenvalue weighted by molar-refractivity contribution is 6.33. The molecule has 0 spiro atoms. The summed E-state index contributed by atoms with van der Waals surface area (Å²) in [6.45, 7) is 2.15. The second-order valence-corrected chi connectivity index (χ2v) is 8.46. The molecule has 0 bridgehead atoms. The molecule has 0 aliphatic heterocycles.